The summed E-state index contributed by atoms with van der Waals surface area (Å²) in [4.78, 5) is 1.53. The van der Waals surface area contributed by atoms with Crippen LogP contribution in [0.5, 0.6) is 0 Å². The van der Waals surface area contributed by atoms with Crippen molar-refractivity contribution in [2.75, 3.05) is 5.75 Å². The van der Waals surface area contributed by atoms with Crippen molar-refractivity contribution in [1.29, 1.82) is 0 Å². The fourth-order valence-electron chi connectivity index (χ4n) is 2.51. The largest absolute Gasteiger partial charge is 0.126 e. The molecule has 0 aliphatic carbocycles. The van der Waals surface area contributed by atoms with E-state index in [1.165, 1.54) is 23.5 Å². The molecule has 1 heterocycles. The predicted molar refractivity (Wildman–Crippen MR) is 68.7 cm³/mol. The van der Waals surface area contributed by atoms with Crippen molar-refractivity contribution in [3.05, 3.63) is 29.3 Å². The lowest BCUT2D eigenvalue weighted by atomic mass is 9.86. The zero-order chi connectivity index (χ0) is 10.8. The van der Waals surface area contributed by atoms with Crippen LogP contribution in [0.15, 0.2) is 23.1 Å². The Hall–Kier alpha value is -0.430. The number of fused-ring (bicyclic) bond motifs is 1. The highest BCUT2D eigenvalue weighted by atomic mass is 32.2. The van der Waals surface area contributed by atoms with Crippen LogP contribution >= 0.6 is 11.8 Å². The van der Waals surface area contributed by atoms with E-state index in [9.17, 15) is 0 Å². The standard InChI is InChI=1S/C14H20S/c1-4-13(10(2)3)12-6-5-11-7-8-15-14(11)9-12/h5-6,9-10,13H,4,7-8H2,1-3H3. The van der Waals surface area contributed by atoms with Gasteiger partial charge in [0.15, 0.2) is 0 Å². The third-order valence-electron chi connectivity index (χ3n) is 3.39. The molecule has 0 N–H and O–H groups in total. The summed E-state index contributed by atoms with van der Waals surface area (Å²) in [5.41, 5.74) is 3.10. The van der Waals surface area contributed by atoms with Gasteiger partial charge in [-0.2, -0.15) is 0 Å². The highest BCUT2D eigenvalue weighted by molar-refractivity contribution is 7.99. The molecule has 1 unspecified atom stereocenters. The molecule has 0 saturated heterocycles. The first kappa shape index (κ1) is 11.1. The molecular formula is C14H20S. The molecule has 1 aromatic rings. The van der Waals surface area contributed by atoms with Gasteiger partial charge in [0.05, 0.1) is 0 Å². The number of thioether (sulfide) groups is 1. The van der Waals surface area contributed by atoms with Gasteiger partial charge in [-0.3, -0.25) is 0 Å². The van der Waals surface area contributed by atoms with E-state index in [1.807, 2.05) is 11.8 Å². The smallest absolute Gasteiger partial charge is 0.0107 e. The molecule has 0 radical (unpaired) electrons. The SMILES string of the molecule is CCC(c1ccc2c(c1)SCC2)C(C)C. The van der Waals surface area contributed by atoms with E-state index in [1.54, 1.807) is 11.1 Å². The van der Waals surface area contributed by atoms with Gasteiger partial charge in [-0.05, 0) is 41.9 Å². The van der Waals surface area contributed by atoms with Crippen LogP contribution in [0.25, 0.3) is 0 Å². The van der Waals surface area contributed by atoms with E-state index in [0.29, 0.717) is 0 Å². The first-order valence-corrected chi connectivity index (χ1v) is 6.96. The van der Waals surface area contributed by atoms with Gasteiger partial charge in [0.25, 0.3) is 0 Å². The molecule has 0 bridgehead atoms. The second-order valence-electron chi connectivity index (χ2n) is 4.72. The number of hydrogen-bond acceptors (Lipinski definition) is 1. The first-order valence-electron chi connectivity index (χ1n) is 5.98. The second kappa shape index (κ2) is 4.61. The topological polar surface area (TPSA) is 0 Å². The van der Waals surface area contributed by atoms with Crippen molar-refractivity contribution in [2.45, 2.75) is 44.4 Å². The monoisotopic (exact) mass is 220 g/mol. The fraction of sp³-hybridized carbons (Fsp3) is 0.571. The number of aryl methyl sites for hydroxylation is 1. The molecule has 1 heteroatoms. The van der Waals surface area contributed by atoms with Crippen LogP contribution in [0.1, 0.15) is 44.2 Å². The minimum absolute atomic E-state index is 0.733. The van der Waals surface area contributed by atoms with E-state index >= 15 is 0 Å². The number of benzene rings is 1. The van der Waals surface area contributed by atoms with Crippen LogP contribution in [0.3, 0.4) is 0 Å². The Labute approximate surface area is 97.5 Å². The maximum absolute atomic E-state index is 2.43. The molecule has 1 aliphatic heterocycles. The van der Waals surface area contributed by atoms with Gasteiger partial charge in [-0.25, -0.2) is 0 Å². The summed E-state index contributed by atoms with van der Waals surface area (Å²) in [6, 6.07) is 7.12. The summed E-state index contributed by atoms with van der Waals surface area (Å²) in [5.74, 6) is 2.76. The van der Waals surface area contributed by atoms with Crippen LogP contribution in [0.2, 0.25) is 0 Å². The average Bonchev–Trinajstić information content (AvgIpc) is 2.65. The van der Waals surface area contributed by atoms with E-state index < -0.39 is 0 Å². The Morgan fingerprint density at radius 2 is 2.13 bits per heavy atom. The number of rotatable bonds is 3. The van der Waals surface area contributed by atoms with Crippen molar-refractivity contribution in [3.8, 4) is 0 Å². The highest BCUT2D eigenvalue weighted by Gasteiger charge is 2.17. The average molecular weight is 220 g/mol. The van der Waals surface area contributed by atoms with Crippen molar-refractivity contribution in [1.82, 2.24) is 0 Å². The van der Waals surface area contributed by atoms with E-state index in [0.717, 1.165) is 11.8 Å². The van der Waals surface area contributed by atoms with Crippen molar-refractivity contribution >= 4 is 11.8 Å². The molecule has 0 fully saturated rings. The summed E-state index contributed by atoms with van der Waals surface area (Å²) in [5, 5.41) is 0. The van der Waals surface area contributed by atoms with E-state index in [2.05, 4.69) is 39.0 Å². The van der Waals surface area contributed by atoms with Gasteiger partial charge in [0, 0.05) is 10.6 Å². The van der Waals surface area contributed by atoms with Crippen LogP contribution in [-0.2, 0) is 6.42 Å². The normalized spacial score (nSPS) is 16.8. The summed E-state index contributed by atoms with van der Waals surface area (Å²) < 4.78 is 0. The zero-order valence-corrected chi connectivity index (χ0v) is 10.7. The van der Waals surface area contributed by atoms with Crippen LogP contribution in [-0.4, -0.2) is 5.75 Å². The van der Waals surface area contributed by atoms with Gasteiger partial charge in [0.1, 0.15) is 0 Å². The molecule has 1 aromatic carbocycles. The Balaban J connectivity index is 2.28. The molecule has 0 spiro atoms. The van der Waals surface area contributed by atoms with E-state index in [-0.39, 0.29) is 0 Å². The second-order valence-corrected chi connectivity index (χ2v) is 5.86. The Kier molecular flexibility index (Phi) is 3.40. The lowest BCUT2D eigenvalue weighted by Crippen LogP contribution is -2.05. The third-order valence-corrected chi connectivity index (χ3v) is 4.49. The molecule has 2 rings (SSSR count). The molecule has 0 amide bonds. The molecule has 0 saturated carbocycles. The third kappa shape index (κ3) is 2.23. The van der Waals surface area contributed by atoms with Gasteiger partial charge in [-0.1, -0.05) is 32.9 Å². The Morgan fingerprint density at radius 1 is 1.33 bits per heavy atom. The lowest BCUT2D eigenvalue weighted by Gasteiger charge is -2.20. The van der Waals surface area contributed by atoms with Crippen molar-refractivity contribution in [2.24, 2.45) is 5.92 Å². The summed E-state index contributed by atoms with van der Waals surface area (Å²) >= 11 is 2.02. The molecule has 82 valence electrons. The minimum atomic E-state index is 0.733. The zero-order valence-electron chi connectivity index (χ0n) is 9.92. The quantitative estimate of drug-likeness (QED) is 0.723. The Bertz CT molecular complexity index is 341. The van der Waals surface area contributed by atoms with Crippen molar-refractivity contribution in [3.63, 3.8) is 0 Å². The Morgan fingerprint density at radius 3 is 2.80 bits per heavy atom. The van der Waals surface area contributed by atoms with Gasteiger partial charge < -0.3 is 0 Å². The lowest BCUT2D eigenvalue weighted by molar-refractivity contribution is 0.484. The van der Waals surface area contributed by atoms with Gasteiger partial charge in [0.2, 0.25) is 0 Å². The molecule has 1 atom stereocenters. The maximum atomic E-state index is 2.43. The summed E-state index contributed by atoms with van der Waals surface area (Å²) in [6.45, 7) is 6.95. The van der Waals surface area contributed by atoms with Crippen LogP contribution < -0.4 is 0 Å². The van der Waals surface area contributed by atoms with Crippen molar-refractivity contribution < 1.29 is 0 Å². The van der Waals surface area contributed by atoms with Gasteiger partial charge in [-0.15, -0.1) is 11.8 Å². The highest BCUT2D eigenvalue weighted by Crippen LogP contribution is 2.36. The molecule has 15 heavy (non-hydrogen) atoms. The number of hydrogen-bond donors (Lipinski definition) is 0. The molecule has 0 nitrogen and oxygen atoms in total. The molecule has 0 aromatic heterocycles. The molecular weight excluding hydrogens is 200 g/mol. The van der Waals surface area contributed by atoms with Gasteiger partial charge >= 0.3 is 0 Å². The van der Waals surface area contributed by atoms with Crippen LogP contribution in [0.4, 0.5) is 0 Å². The van der Waals surface area contributed by atoms with E-state index in [4.69, 9.17) is 0 Å². The molecule has 1 aliphatic rings. The summed E-state index contributed by atoms with van der Waals surface area (Å²) in [7, 11) is 0. The first-order chi connectivity index (χ1) is 7.22. The summed E-state index contributed by atoms with van der Waals surface area (Å²) in [6.07, 6.45) is 2.51. The fourth-order valence-corrected chi connectivity index (χ4v) is 3.62. The maximum Gasteiger partial charge on any atom is 0.0107 e. The minimum Gasteiger partial charge on any atom is -0.126 e. The predicted octanol–water partition coefficient (Wildman–Crippen LogP) is 4.48. The van der Waals surface area contributed by atoms with Crippen LogP contribution in [0, 0.1) is 5.92 Å².